The van der Waals surface area contributed by atoms with Gasteiger partial charge in [0.05, 0.1) is 30.4 Å². The first-order valence-electron chi connectivity index (χ1n) is 10.4. The summed E-state index contributed by atoms with van der Waals surface area (Å²) in [5.41, 5.74) is 1.93. The molecule has 0 atom stereocenters. The zero-order valence-corrected chi connectivity index (χ0v) is 19.6. The van der Waals surface area contributed by atoms with Crippen molar-refractivity contribution < 1.29 is 22.7 Å². The van der Waals surface area contributed by atoms with Crippen LogP contribution in [0.2, 0.25) is 0 Å². The first kappa shape index (κ1) is 23.2. The lowest BCUT2D eigenvalue weighted by Crippen LogP contribution is -2.50. The van der Waals surface area contributed by atoms with E-state index in [4.69, 9.17) is 4.74 Å². The van der Waals surface area contributed by atoms with E-state index in [1.165, 1.54) is 4.31 Å². The highest BCUT2D eigenvalue weighted by molar-refractivity contribution is 7.89. The number of rotatable bonds is 7. The predicted molar refractivity (Wildman–Crippen MR) is 124 cm³/mol. The highest BCUT2D eigenvalue weighted by Gasteiger charge is 2.31. The molecule has 10 nitrogen and oxygen atoms in total. The summed E-state index contributed by atoms with van der Waals surface area (Å²) in [5, 5.41) is 2.79. The molecule has 33 heavy (non-hydrogen) atoms. The first-order chi connectivity index (χ1) is 15.9. The second kappa shape index (κ2) is 9.91. The van der Waals surface area contributed by atoms with Crippen LogP contribution >= 0.6 is 11.7 Å². The van der Waals surface area contributed by atoms with Gasteiger partial charge in [-0.25, -0.2) is 13.2 Å². The number of fused-ring (bicyclic) bond motifs is 1. The van der Waals surface area contributed by atoms with Crippen molar-refractivity contribution in [3.05, 3.63) is 48.0 Å². The number of ether oxygens (including phenoxy) is 1. The van der Waals surface area contributed by atoms with Gasteiger partial charge in [-0.1, -0.05) is 6.07 Å². The van der Waals surface area contributed by atoms with E-state index in [-0.39, 0.29) is 30.4 Å². The van der Waals surface area contributed by atoms with Crippen molar-refractivity contribution in [2.45, 2.75) is 11.8 Å². The van der Waals surface area contributed by atoms with Crippen LogP contribution in [-0.4, -0.2) is 77.6 Å². The summed E-state index contributed by atoms with van der Waals surface area (Å²) in [6.07, 6.45) is 0. The number of hydrogen-bond donors (Lipinski definition) is 1. The fourth-order valence-corrected chi connectivity index (χ4v) is 5.74. The Morgan fingerprint density at radius 2 is 1.79 bits per heavy atom. The molecular formula is C21H23N5O5S2. The van der Waals surface area contributed by atoms with E-state index in [1.54, 1.807) is 49.4 Å². The topological polar surface area (TPSA) is 122 Å². The van der Waals surface area contributed by atoms with Crippen LogP contribution in [0, 0.1) is 0 Å². The maximum Gasteiger partial charge on any atom is 0.338 e. The van der Waals surface area contributed by atoms with E-state index in [0.29, 0.717) is 42.0 Å². The number of hydrogen-bond acceptors (Lipinski definition) is 9. The van der Waals surface area contributed by atoms with Gasteiger partial charge in [-0.05, 0) is 43.3 Å². The molecule has 12 heteroatoms. The number of carbonyl (C=O) groups is 2. The fraction of sp³-hybridized carbons (Fsp3) is 0.333. The van der Waals surface area contributed by atoms with E-state index in [9.17, 15) is 18.0 Å². The number of piperazine rings is 1. The summed E-state index contributed by atoms with van der Waals surface area (Å²) in [5.74, 6) is -0.626. The molecule has 1 aliphatic rings. The monoisotopic (exact) mass is 489 g/mol. The molecule has 0 radical (unpaired) electrons. The van der Waals surface area contributed by atoms with Crippen LogP contribution in [0.15, 0.2) is 47.4 Å². The number of sulfonamides is 1. The number of aromatic nitrogens is 2. The van der Waals surface area contributed by atoms with Crippen molar-refractivity contribution in [3.63, 3.8) is 0 Å². The van der Waals surface area contributed by atoms with Gasteiger partial charge in [0.1, 0.15) is 15.9 Å². The van der Waals surface area contributed by atoms with E-state index in [1.807, 2.05) is 4.90 Å². The smallest absolute Gasteiger partial charge is 0.338 e. The molecule has 4 rings (SSSR count). The lowest BCUT2D eigenvalue weighted by molar-refractivity contribution is -0.117. The van der Waals surface area contributed by atoms with Crippen molar-refractivity contribution >= 4 is 50.3 Å². The molecular weight excluding hydrogens is 466 g/mol. The molecule has 0 saturated carbocycles. The van der Waals surface area contributed by atoms with Gasteiger partial charge in [0.25, 0.3) is 0 Å². The number of esters is 1. The van der Waals surface area contributed by atoms with Gasteiger partial charge >= 0.3 is 5.97 Å². The van der Waals surface area contributed by atoms with Gasteiger partial charge in [-0.2, -0.15) is 13.1 Å². The van der Waals surface area contributed by atoms with E-state index in [0.717, 1.165) is 11.7 Å². The molecule has 3 aromatic rings. The Kier molecular flexibility index (Phi) is 6.98. The maximum atomic E-state index is 13.1. The van der Waals surface area contributed by atoms with Gasteiger partial charge < -0.3 is 10.1 Å². The van der Waals surface area contributed by atoms with Crippen LogP contribution in [0.25, 0.3) is 11.0 Å². The van der Waals surface area contributed by atoms with Crippen LogP contribution in [-0.2, 0) is 19.6 Å². The number of nitrogens with one attached hydrogen (secondary N) is 1. The average Bonchev–Trinajstić information content (AvgIpc) is 3.29. The van der Waals surface area contributed by atoms with E-state index < -0.39 is 16.0 Å². The van der Waals surface area contributed by atoms with Crippen molar-refractivity contribution in [2.24, 2.45) is 0 Å². The van der Waals surface area contributed by atoms with E-state index in [2.05, 4.69) is 14.1 Å². The Labute approximate surface area is 195 Å². The standard InChI is InChI=1S/C21H23N5O5S2/c1-2-31-21(28)15-6-8-16(9-7-15)22-19(27)14-25-10-12-26(13-11-25)33(29,30)18-5-3-4-17-20(18)24-32-23-17/h3-9H,2,10-14H2,1H3,(H,22,27). The summed E-state index contributed by atoms with van der Waals surface area (Å²) in [6.45, 7) is 3.58. The Morgan fingerprint density at radius 1 is 1.06 bits per heavy atom. The lowest BCUT2D eigenvalue weighted by Gasteiger charge is -2.33. The molecule has 174 valence electrons. The van der Waals surface area contributed by atoms with Crippen LogP contribution in [0.4, 0.5) is 5.69 Å². The van der Waals surface area contributed by atoms with Gasteiger partial charge in [-0.3, -0.25) is 9.69 Å². The molecule has 1 saturated heterocycles. The SMILES string of the molecule is CCOC(=O)c1ccc(NC(=O)CN2CCN(S(=O)(=O)c3cccc4nsnc34)CC2)cc1. The van der Waals surface area contributed by atoms with Crippen molar-refractivity contribution in [3.8, 4) is 0 Å². The first-order valence-corrected chi connectivity index (χ1v) is 12.6. The van der Waals surface area contributed by atoms with Crippen LogP contribution in [0.3, 0.4) is 0 Å². The van der Waals surface area contributed by atoms with Gasteiger partial charge in [-0.15, -0.1) is 0 Å². The molecule has 1 N–H and O–H groups in total. The largest absolute Gasteiger partial charge is 0.462 e. The molecule has 1 aromatic heterocycles. The quantitative estimate of drug-likeness (QED) is 0.499. The Bertz CT molecular complexity index is 1250. The summed E-state index contributed by atoms with van der Waals surface area (Å²) in [7, 11) is -3.70. The molecule has 0 unspecified atom stereocenters. The van der Waals surface area contributed by atoms with E-state index >= 15 is 0 Å². The van der Waals surface area contributed by atoms with Crippen molar-refractivity contribution in [1.29, 1.82) is 0 Å². The number of anilines is 1. The number of carbonyl (C=O) groups excluding carboxylic acids is 2. The molecule has 1 aliphatic heterocycles. The van der Waals surface area contributed by atoms with Gasteiger partial charge in [0, 0.05) is 31.9 Å². The van der Waals surface area contributed by atoms with Crippen molar-refractivity contribution in [2.75, 3.05) is 44.6 Å². The minimum absolute atomic E-state index is 0.138. The Morgan fingerprint density at radius 3 is 2.48 bits per heavy atom. The minimum Gasteiger partial charge on any atom is -0.462 e. The number of amides is 1. The molecule has 0 bridgehead atoms. The summed E-state index contributed by atoms with van der Waals surface area (Å²) >= 11 is 0.983. The third-order valence-electron chi connectivity index (χ3n) is 5.25. The van der Waals surface area contributed by atoms with Gasteiger partial charge in [0.2, 0.25) is 15.9 Å². The van der Waals surface area contributed by atoms with Crippen LogP contribution in [0.5, 0.6) is 0 Å². The lowest BCUT2D eigenvalue weighted by atomic mass is 10.2. The fourth-order valence-electron chi connectivity index (χ4n) is 3.56. The Balaban J connectivity index is 1.31. The number of nitrogens with zero attached hydrogens (tertiary/aromatic N) is 4. The normalized spacial score (nSPS) is 15.4. The predicted octanol–water partition coefficient (Wildman–Crippen LogP) is 1.81. The molecule has 1 amide bonds. The Hall–Kier alpha value is -2.93. The molecule has 2 heterocycles. The summed E-state index contributed by atoms with van der Waals surface area (Å²) < 4.78 is 40.8. The highest BCUT2D eigenvalue weighted by Crippen LogP contribution is 2.25. The third kappa shape index (κ3) is 5.19. The van der Waals surface area contributed by atoms with Crippen LogP contribution < -0.4 is 5.32 Å². The molecule has 1 fully saturated rings. The zero-order chi connectivity index (χ0) is 23.4. The van der Waals surface area contributed by atoms with Crippen LogP contribution in [0.1, 0.15) is 17.3 Å². The summed E-state index contributed by atoms with van der Waals surface area (Å²) in [6, 6.07) is 11.4. The zero-order valence-electron chi connectivity index (χ0n) is 17.9. The molecule has 2 aromatic carbocycles. The summed E-state index contributed by atoms with van der Waals surface area (Å²) in [4.78, 5) is 26.2. The van der Waals surface area contributed by atoms with Crippen molar-refractivity contribution in [1.82, 2.24) is 18.0 Å². The maximum absolute atomic E-state index is 13.1. The highest BCUT2D eigenvalue weighted by atomic mass is 32.2. The second-order valence-corrected chi connectivity index (χ2v) is 9.85. The second-order valence-electron chi connectivity index (χ2n) is 7.41. The minimum atomic E-state index is -3.70. The average molecular weight is 490 g/mol. The number of benzene rings is 2. The van der Waals surface area contributed by atoms with Gasteiger partial charge in [0.15, 0.2) is 0 Å². The molecule has 0 aliphatic carbocycles. The third-order valence-corrected chi connectivity index (χ3v) is 7.72. The molecule has 0 spiro atoms.